The van der Waals surface area contributed by atoms with E-state index in [0.717, 1.165) is 12.8 Å². The predicted octanol–water partition coefficient (Wildman–Crippen LogP) is 5.94. The molecular weight excluding hydrogens is 372 g/mol. The Bertz CT molecular complexity index is 748. The highest BCUT2D eigenvalue weighted by Gasteiger charge is 2.73. The zero-order valence-electron chi connectivity index (χ0n) is 20.2. The summed E-state index contributed by atoms with van der Waals surface area (Å²) in [6.45, 7) is 15.0. The SMILES string of the molecule is CC1(C)C2CC[C@]3(C)C(C[C@H]4O[C@H]5CC[C@](C)(O5)C5CC[C@]3(C)C54)[C@@]2(C)CC[C@@H]1O. The van der Waals surface area contributed by atoms with E-state index >= 15 is 0 Å². The van der Waals surface area contributed by atoms with Gasteiger partial charge in [0.05, 0.1) is 17.8 Å². The molecule has 3 heteroatoms. The minimum atomic E-state index is -0.152. The Hall–Kier alpha value is -0.120. The summed E-state index contributed by atoms with van der Waals surface area (Å²) in [5.41, 5.74) is 1.07. The van der Waals surface area contributed by atoms with Gasteiger partial charge in [-0.1, -0.05) is 34.6 Å². The van der Waals surface area contributed by atoms with Crippen molar-refractivity contribution < 1.29 is 14.6 Å². The lowest BCUT2D eigenvalue weighted by Crippen LogP contribution is -2.66. The van der Waals surface area contributed by atoms with E-state index in [1.54, 1.807) is 0 Å². The van der Waals surface area contributed by atoms with Crippen LogP contribution in [0.5, 0.6) is 0 Å². The molecule has 3 nitrogen and oxygen atoms in total. The molecule has 11 atom stereocenters. The maximum atomic E-state index is 10.9. The van der Waals surface area contributed by atoms with Crippen LogP contribution in [0.25, 0.3) is 0 Å². The molecular formula is C27H44O3. The molecule has 4 aliphatic carbocycles. The van der Waals surface area contributed by atoms with Crippen LogP contribution in [0.1, 0.15) is 99.3 Å². The van der Waals surface area contributed by atoms with Crippen molar-refractivity contribution in [2.45, 2.75) is 123 Å². The molecule has 2 saturated heterocycles. The Morgan fingerprint density at radius 1 is 0.767 bits per heavy atom. The summed E-state index contributed by atoms with van der Waals surface area (Å²) in [6.07, 6.45) is 11.1. The lowest BCUT2D eigenvalue weighted by atomic mass is 9.35. The van der Waals surface area contributed by atoms with E-state index in [4.69, 9.17) is 9.47 Å². The van der Waals surface area contributed by atoms with Gasteiger partial charge in [0.25, 0.3) is 0 Å². The normalized spacial score (nSPS) is 63.5. The zero-order valence-corrected chi connectivity index (χ0v) is 20.2. The van der Waals surface area contributed by atoms with Crippen molar-refractivity contribution in [3.63, 3.8) is 0 Å². The Morgan fingerprint density at radius 2 is 1.50 bits per heavy atom. The van der Waals surface area contributed by atoms with Crippen molar-refractivity contribution >= 4 is 0 Å². The first-order valence-corrected chi connectivity index (χ1v) is 13.0. The van der Waals surface area contributed by atoms with Crippen LogP contribution in [-0.4, -0.2) is 29.2 Å². The third-order valence-corrected chi connectivity index (χ3v) is 12.7. The highest BCUT2D eigenvalue weighted by Crippen LogP contribution is 2.77. The molecule has 4 unspecified atom stereocenters. The molecule has 6 rings (SSSR count). The molecule has 170 valence electrons. The van der Waals surface area contributed by atoms with E-state index in [0.29, 0.717) is 46.0 Å². The maximum absolute atomic E-state index is 10.9. The lowest BCUT2D eigenvalue weighted by molar-refractivity contribution is -0.257. The van der Waals surface area contributed by atoms with Crippen molar-refractivity contribution in [2.75, 3.05) is 0 Å². The largest absolute Gasteiger partial charge is 0.393 e. The van der Waals surface area contributed by atoms with Gasteiger partial charge in [-0.05, 0) is 104 Å². The third-order valence-electron chi connectivity index (χ3n) is 12.7. The second-order valence-corrected chi connectivity index (χ2v) is 13.8. The van der Waals surface area contributed by atoms with Crippen LogP contribution in [0, 0.1) is 45.3 Å². The molecule has 2 aliphatic heterocycles. The van der Waals surface area contributed by atoms with E-state index in [-0.39, 0.29) is 23.4 Å². The second kappa shape index (κ2) is 5.86. The minimum absolute atomic E-state index is 0.0181. The molecule has 2 bridgehead atoms. The van der Waals surface area contributed by atoms with Gasteiger partial charge in [0.15, 0.2) is 6.29 Å². The first-order valence-electron chi connectivity index (χ1n) is 13.0. The standard InChI is InChI=1S/C27H44O3/c1-23(2)18-8-13-25(4)19(24(18,3)11-9-20(23)28)15-17-22-16(7-12-26(22,25)5)27(6)14-10-21(29-17)30-27/h16-22,28H,7-15H2,1-6H3/t16?,17-,18?,19?,20+,21-,22?,24+,25-,26-,27+/m1/s1. The van der Waals surface area contributed by atoms with Crippen LogP contribution < -0.4 is 0 Å². The number of ether oxygens (including phenoxy) is 2. The summed E-state index contributed by atoms with van der Waals surface area (Å²) in [5, 5.41) is 10.9. The van der Waals surface area contributed by atoms with Gasteiger partial charge in [-0.2, -0.15) is 0 Å². The van der Waals surface area contributed by atoms with Gasteiger partial charge in [-0.25, -0.2) is 0 Å². The fourth-order valence-corrected chi connectivity index (χ4v) is 10.9. The van der Waals surface area contributed by atoms with Gasteiger partial charge in [0.2, 0.25) is 0 Å². The van der Waals surface area contributed by atoms with E-state index < -0.39 is 0 Å². The average molecular weight is 417 g/mol. The number of aliphatic hydroxyl groups excluding tert-OH is 1. The quantitative estimate of drug-likeness (QED) is 0.531. The van der Waals surface area contributed by atoms with E-state index in [1.807, 2.05) is 0 Å². The van der Waals surface area contributed by atoms with E-state index in [9.17, 15) is 5.11 Å². The third kappa shape index (κ3) is 2.19. The molecule has 6 fully saturated rings. The zero-order chi connectivity index (χ0) is 21.3. The summed E-state index contributed by atoms with van der Waals surface area (Å²) in [5.74, 6) is 2.61. The molecule has 30 heavy (non-hydrogen) atoms. The monoisotopic (exact) mass is 416 g/mol. The molecule has 0 aromatic carbocycles. The number of hydrogen-bond acceptors (Lipinski definition) is 3. The Labute approximate surface area is 183 Å². The summed E-state index contributed by atoms with van der Waals surface area (Å²) in [4.78, 5) is 0. The Kier molecular flexibility index (Phi) is 4.00. The first-order chi connectivity index (χ1) is 14.0. The predicted molar refractivity (Wildman–Crippen MR) is 118 cm³/mol. The van der Waals surface area contributed by atoms with Crippen molar-refractivity contribution in [1.29, 1.82) is 0 Å². The fraction of sp³-hybridized carbons (Fsp3) is 1.00. The van der Waals surface area contributed by atoms with Crippen LogP contribution in [0.4, 0.5) is 0 Å². The molecule has 6 aliphatic rings. The smallest absolute Gasteiger partial charge is 0.158 e. The van der Waals surface area contributed by atoms with Crippen LogP contribution in [0.15, 0.2) is 0 Å². The van der Waals surface area contributed by atoms with E-state index in [1.165, 1.54) is 44.9 Å². The van der Waals surface area contributed by atoms with Gasteiger partial charge in [0.1, 0.15) is 0 Å². The number of rotatable bonds is 0. The van der Waals surface area contributed by atoms with Gasteiger partial charge < -0.3 is 14.6 Å². The molecule has 0 radical (unpaired) electrons. The topological polar surface area (TPSA) is 38.7 Å². The molecule has 2 heterocycles. The van der Waals surface area contributed by atoms with Gasteiger partial charge >= 0.3 is 0 Å². The molecule has 0 aromatic heterocycles. The molecule has 0 aromatic rings. The first kappa shape index (κ1) is 20.5. The van der Waals surface area contributed by atoms with Crippen LogP contribution >= 0.6 is 0 Å². The Balaban J connectivity index is 1.45. The molecule has 4 saturated carbocycles. The summed E-state index contributed by atoms with van der Waals surface area (Å²) < 4.78 is 13.4. The average Bonchev–Trinajstić information content (AvgIpc) is 3.19. The fourth-order valence-electron chi connectivity index (χ4n) is 10.9. The Morgan fingerprint density at radius 3 is 2.27 bits per heavy atom. The van der Waals surface area contributed by atoms with Crippen LogP contribution in [-0.2, 0) is 9.47 Å². The number of hydrogen-bond donors (Lipinski definition) is 1. The van der Waals surface area contributed by atoms with Crippen molar-refractivity contribution in [3.8, 4) is 0 Å². The van der Waals surface area contributed by atoms with Crippen molar-refractivity contribution in [2.24, 2.45) is 45.3 Å². The summed E-state index contributed by atoms with van der Waals surface area (Å²) in [6, 6.07) is 0. The van der Waals surface area contributed by atoms with Gasteiger partial charge in [-0.15, -0.1) is 0 Å². The lowest BCUT2D eigenvalue weighted by Gasteiger charge is -2.70. The van der Waals surface area contributed by atoms with Gasteiger partial charge in [-0.3, -0.25) is 0 Å². The highest BCUT2D eigenvalue weighted by atomic mass is 16.7. The number of fused-ring (bicyclic) bond motifs is 7. The second-order valence-electron chi connectivity index (χ2n) is 13.8. The minimum Gasteiger partial charge on any atom is -0.393 e. The maximum Gasteiger partial charge on any atom is 0.158 e. The molecule has 0 amide bonds. The molecule has 0 spiro atoms. The van der Waals surface area contributed by atoms with Crippen LogP contribution in [0.2, 0.25) is 0 Å². The van der Waals surface area contributed by atoms with Gasteiger partial charge in [0, 0.05) is 6.42 Å². The highest BCUT2D eigenvalue weighted by molar-refractivity contribution is 5.21. The number of aliphatic hydroxyl groups is 1. The van der Waals surface area contributed by atoms with Crippen molar-refractivity contribution in [3.05, 3.63) is 0 Å². The molecule has 1 N–H and O–H groups in total. The summed E-state index contributed by atoms with van der Waals surface area (Å²) in [7, 11) is 0. The van der Waals surface area contributed by atoms with Crippen molar-refractivity contribution in [1.82, 2.24) is 0 Å². The van der Waals surface area contributed by atoms with E-state index in [2.05, 4.69) is 41.5 Å². The summed E-state index contributed by atoms with van der Waals surface area (Å²) >= 11 is 0. The van der Waals surface area contributed by atoms with Crippen LogP contribution in [0.3, 0.4) is 0 Å².